The molecule has 2 aromatic rings. The molecule has 0 aliphatic carbocycles. The number of carbonyl (C=O) groups is 2. The summed E-state index contributed by atoms with van der Waals surface area (Å²) in [7, 11) is 0. The Kier molecular flexibility index (Phi) is 5.38. The van der Waals surface area contributed by atoms with Gasteiger partial charge in [-0.2, -0.15) is 0 Å². The molecule has 1 saturated heterocycles. The summed E-state index contributed by atoms with van der Waals surface area (Å²) in [5.74, 6) is 0.499. The molecule has 0 spiro atoms. The van der Waals surface area contributed by atoms with Gasteiger partial charge in [0.2, 0.25) is 5.91 Å². The van der Waals surface area contributed by atoms with Crippen molar-refractivity contribution >= 4 is 23.2 Å². The summed E-state index contributed by atoms with van der Waals surface area (Å²) in [6, 6.07) is 10.7. The Balaban J connectivity index is 1.75. The van der Waals surface area contributed by atoms with Gasteiger partial charge in [0, 0.05) is 23.5 Å². The molecule has 1 aliphatic rings. The van der Waals surface area contributed by atoms with E-state index in [1.165, 1.54) is 0 Å². The second-order valence-electron chi connectivity index (χ2n) is 6.37. The fourth-order valence-corrected chi connectivity index (χ4v) is 3.63. The van der Waals surface area contributed by atoms with Crippen LogP contribution in [0.1, 0.15) is 29.1 Å². The number of nitrogens with zero attached hydrogens (tertiary/aromatic N) is 1. The summed E-state index contributed by atoms with van der Waals surface area (Å²) < 4.78 is 5.78. The molecule has 1 N–H and O–H groups in total. The highest BCUT2D eigenvalue weighted by Gasteiger charge is 2.35. The maximum absolute atomic E-state index is 12.9. The van der Waals surface area contributed by atoms with Crippen LogP contribution in [-0.4, -0.2) is 35.8 Å². The molecule has 6 heteroatoms. The van der Waals surface area contributed by atoms with E-state index in [9.17, 15) is 9.59 Å². The lowest BCUT2D eigenvalue weighted by atomic mass is 9.98. The number of thiophene rings is 1. The molecule has 0 radical (unpaired) electrons. The number of ether oxygens (including phenoxy) is 1. The molecule has 1 aromatic carbocycles. The Labute approximate surface area is 151 Å². The van der Waals surface area contributed by atoms with Crippen LogP contribution in [0.4, 0.5) is 0 Å². The van der Waals surface area contributed by atoms with Gasteiger partial charge in [-0.05, 0) is 35.6 Å². The van der Waals surface area contributed by atoms with Crippen LogP contribution < -0.4 is 10.1 Å². The zero-order chi connectivity index (χ0) is 17.8. The van der Waals surface area contributed by atoms with Gasteiger partial charge in [-0.1, -0.05) is 26.0 Å². The second-order valence-corrected chi connectivity index (χ2v) is 7.41. The van der Waals surface area contributed by atoms with Crippen molar-refractivity contribution in [3.63, 3.8) is 0 Å². The normalized spacial score (nSPS) is 17.5. The zero-order valence-electron chi connectivity index (χ0n) is 14.4. The molecular weight excluding hydrogens is 336 g/mol. The minimum absolute atomic E-state index is 0.0579. The molecular formula is C19H22N2O3S. The molecule has 0 saturated carbocycles. The fraction of sp³-hybridized carbons (Fsp3) is 0.368. The third kappa shape index (κ3) is 4.02. The van der Waals surface area contributed by atoms with E-state index in [4.69, 9.17) is 4.74 Å². The molecule has 2 heterocycles. The molecule has 1 aromatic heterocycles. The van der Waals surface area contributed by atoms with Crippen molar-refractivity contribution in [1.82, 2.24) is 10.2 Å². The van der Waals surface area contributed by atoms with Crippen LogP contribution in [-0.2, 0) is 11.4 Å². The van der Waals surface area contributed by atoms with Crippen LogP contribution in [0, 0.1) is 5.92 Å². The first-order valence-corrected chi connectivity index (χ1v) is 9.28. The van der Waals surface area contributed by atoms with E-state index in [0.29, 0.717) is 31.0 Å². The van der Waals surface area contributed by atoms with Crippen LogP contribution in [0.15, 0.2) is 41.8 Å². The van der Waals surface area contributed by atoms with Crippen LogP contribution in [0.3, 0.4) is 0 Å². The molecule has 1 aliphatic heterocycles. The number of hydrogen-bond acceptors (Lipinski definition) is 4. The summed E-state index contributed by atoms with van der Waals surface area (Å²) in [6.45, 7) is 5.40. The Morgan fingerprint density at radius 1 is 1.36 bits per heavy atom. The van der Waals surface area contributed by atoms with E-state index in [0.717, 1.165) is 4.88 Å². The number of carbonyl (C=O) groups excluding carboxylic acids is 2. The number of benzene rings is 1. The number of rotatable bonds is 5. The molecule has 0 bridgehead atoms. The van der Waals surface area contributed by atoms with Gasteiger partial charge >= 0.3 is 0 Å². The SMILES string of the molecule is CC(C)C1C(=O)NCCN1C(=O)c1cccc(OCc2cccs2)c1. The smallest absolute Gasteiger partial charge is 0.254 e. The molecule has 1 atom stereocenters. The predicted octanol–water partition coefficient (Wildman–Crippen LogP) is 2.92. The largest absolute Gasteiger partial charge is 0.488 e. The van der Waals surface area contributed by atoms with E-state index in [1.54, 1.807) is 28.4 Å². The molecule has 5 nitrogen and oxygen atoms in total. The van der Waals surface area contributed by atoms with Gasteiger partial charge < -0.3 is 15.0 Å². The third-order valence-electron chi connectivity index (χ3n) is 4.19. The summed E-state index contributed by atoms with van der Waals surface area (Å²) >= 11 is 1.63. The first kappa shape index (κ1) is 17.5. The van der Waals surface area contributed by atoms with Crippen molar-refractivity contribution in [2.75, 3.05) is 13.1 Å². The Hall–Kier alpha value is -2.34. The second kappa shape index (κ2) is 7.70. The molecule has 25 heavy (non-hydrogen) atoms. The van der Waals surface area contributed by atoms with Gasteiger partial charge in [0.15, 0.2) is 0 Å². The van der Waals surface area contributed by atoms with Gasteiger partial charge in [-0.25, -0.2) is 0 Å². The van der Waals surface area contributed by atoms with E-state index in [1.807, 2.05) is 43.5 Å². The van der Waals surface area contributed by atoms with Crippen molar-refractivity contribution in [2.24, 2.45) is 5.92 Å². The van der Waals surface area contributed by atoms with E-state index < -0.39 is 6.04 Å². The van der Waals surface area contributed by atoms with Crippen molar-refractivity contribution in [1.29, 1.82) is 0 Å². The van der Waals surface area contributed by atoms with Crippen molar-refractivity contribution in [3.8, 4) is 5.75 Å². The van der Waals surface area contributed by atoms with Crippen molar-refractivity contribution < 1.29 is 14.3 Å². The maximum Gasteiger partial charge on any atom is 0.254 e. The summed E-state index contributed by atoms with van der Waals surface area (Å²) in [4.78, 5) is 27.9. The standard InChI is InChI=1S/C19H22N2O3S/c1-13(2)17-18(22)20-8-9-21(17)19(23)14-5-3-6-15(11-14)24-12-16-7-4-10-25-16/h3-7,10-11,13,17H,8-9,12H2,1-2H3,(H,20,22). The highest BCUT2D eigenvalue weighted by atomic mass is 32.1. The summed E-state index contributed by atoms with van der Waals surface area (Å²) in [6.07, 6.45) is 0. The van der Waals surface area contributed by atoms with Crippen LogP contribution in [0.25, 0.3) is 0 Å². The lowest BCUT2D eigenvalue weighted by molar-refractivity contribution is -0.129. The van der Waals surface area contributed by atoms with E-state index in [-0.39, 0.29) is 17.7 Å². The van der Waals surface area contributed by atoms with Gasteiger partial charge in [0.25, 0.3) is 5.91 Å². The topological polar surface area (TPSA) is 58.6 Å². The number of hydrogen-bond donors (Lipinski definition) is 1. The quantitative estimate of drug-likeness (QED) is 0.894. The van der Waals surface area contributed by atoms with Gasteiger partial charge in [-0.3, -0.25) is 9.59 Å². The minimum Gasteiger partial charge on any atom is -0.488 e. The first-order valence-electron chi connectivity index (χ1n) is 8.40. The third-order valence-corrected chi connectivity index (χ3v) is 5.04. The van der Waals surface area contributed by atoms with Crippen LogP contribution in [0.5, 0.6) is 5.75 Å². The van der Waals surface area contributed by atoms with Crippen molar-refractivity contribution in [3.05, 3.63) is 52.2 Å². The van der Waals surface area contributed by atoms with Gasteiger partial charge in [0.1, 0.15) is 18.4 Å². The van der Waals surface area contributed by atoms with E-state index in [2.05, 4.69) is 5.32 Å². The highest BCUT2D eigenvalue weighted by Crippen LogP contribution is 2.21. The molecule has 1 unspecified atom stereocenters. The maximum atomic E-state index is 12.9. The highest BCUT2D eigenvalue weighted by molar-refractivity contribution is 7.09. The number of nitrogens with one attached hydrogen (secondary N) is 1. The Morgan fingerprint density at radius 3 is 2.92 bits per heavy atom. The lowest BCUT2D eigenvalue weighted by Gasteiger charge is -2.37. The monoisotopic (exact) mass is 358 g/mol. The van der Waals surface area contributed by atoms with Crippen molar-refractivity contribution in [2.45, 2.75) is 26.5 Å². The number of piperazine rings is 1. The molecule has 1 fully saturated rings. The average molecular weight is 358 g/mol. The Bertz CT molecular complexity index is 743. The minimum atomic E-state index is -0.433. The zero-order valence-corrected chi connectivity index (χ0v) is 15.2. The molecule has 132 valence electrons. The van der Waals surface area contributed by atoms with E-state index >= 15 is 0 Å². The predicted molar refractivity (Wildman–Crippen MR) is 97.8 cm³/mol. The lowest BCUT2D eigenvalue weighted by Crippen LogP contribution is -2.59. The van der Waals surface area contributed by atoms with Gasteiger partial charge in [-0.15, -0.1) is 11.3 Å². The first-order chi connectivity index (χ1) is 12.1. The van der Waals surface area contributed by atoms with Crippen LogP contribution in [0.2, 0.25) is 0 Å². The molecule has 3 rings (SSSR count). The van der Waals surface area contributed by atoms with Gasteiger partial charge in [0.05, 0.1) is 0 Å². The average Bonchev–Trinajstić information content (AvgIpc) is 3.12. The Morgan fingerprint density at radius 2 is 2.20 bits per heavy atom. The molecule has 2 amide bonds. The summed E-state index contributed by atoms with van der Waals surface area (Å²) in [5.41, 5.74) is 0.545. The fourth-order valence-electron chi connectivity index (χ4n) is 3.01. The van der Waals surface area contributed by atoms with Crippen LogP contribution >= 0.6 is 11.3 Å². The summed E-state index contributed by atoms with van der Waals surface area (Å²) in [5, 5.41) is 4.85. The number of amides is 2.